The Labute approximate surface area is 186 Å². The summed E-state index contributed by atoms with van der Waals surface area (Å²) in [6.45, 7) is 3.63. The van der Waals surface area contributed by atoms with Crippen LogP contribution in [-0.4, -0.2) is 43.3 Å². The van der Waals surface area contributed by atoms with Gasteiger partial charge in [0.05, 0.1) is 12.6 Å². The predicted octanol–water partition coefficient (Wildman–Crippen LogP) is 5.30. The highest BCUT2D eigenvalue weighted by Gasteiger charge is 2.37. The molecule has 0 aromatic heterocycles. The van der Waals surface area contributed by atoms with Crippen LogP contribution >= 0.6 is 23.2 Å². The van der Waals surface area contributed by atoms with E-state index in [-0.39, 0.29) is 18.2 Å². The number of carbonyl (C=O) groups excluding carboxylic acids is 1. The molecule has 0 aliphatic carbocycles. The average Bonchev–Trinajstić information content (AvgIpc) is 2.76. The van der Waals surface area contributed by atoms with Crippen molar-refractivity contribution in [2.45, 2.75) is 31.4 Å². The Kier molecular flexibility index (Phi) is 5.52. The fourth-order valence-corrected chi connectivity index (χ4v) is 5.18. The Morgan fingerprint density at radius 1 is 1.10 bits per heavy atom. The van der Waals surface area contributed by atoms with E-state index in [0.29, 0.717) is 29.0 Å². The zero-order valence-electron chi connectivity index (χ0n) is 16.6. The lowest BCUT2D eigenvalue weighted by Crippen LogP contribution is -2.52. The monoisotopic (exact) mass is 446 g/mol. The van der Waals surface area contributed by atoms with Crippen molar-refractivity contribution in [2.24, 2.45) is 5.92 Å². The SMILES string of the molecule is O=C(NC1CCOc2cc(-c3cc(Cl)ccc3Cl)ccc21)O[C@@H]1CN2CCC1CC2. The number of hydrogen-bond donors (Lipinski definition) is 1. The topological polar surface area (TPSA) is 50.8 Å². The van der Waals surface area contributed by atoms with Crippen LogP contribution in [0.3, 0.4) is 0 Å². The van der Waals surface area contributed by atoms with Gasteiger partial charge in [-0.3, -0.25) is 4.90 Å². The van der Waals surface area contributed by atoms with Gasteiger partial charge in [-0.25, -0.2) is 4.79 Å². The fraction of sp³-hybridized carbons (Fsp3) is 0.435. The molecule has 158 valence electrons. The molecule has 0 saturated carbocycles. The molecule has 0 spiro atoms. The van der Waals surface area contributed by atoms with Crippen molar-refractivity contribution in [1.29, 1.82) is 0 Å². The van der Waals surface area contributed by atoms with Gasteiger partial charge >= 0.3 is 6.09 Å². The maximum absolute atomic E-state index is 12.6. The fourth-order valence-electron chi connectivity index (χ4n) is 4.78. The molecule has 1 N–H and O–H groups in total. The summed E-state index contributed by atoms with van der Waals surface area (Å²) in [6.07, 6.45) is 2.60. The van der Waals surface area contributed by atoms with Crippen LogP contribution in [0.25, 0.3) is 11.1 Å². The molecular weight excluding hydrogens is 423 g/mol. The Balaban J connectivity index is 1.30. The number of benzene rings is 2. The minimum Gasteiger partial charge on any atom is -0.493 e. The number of hydrogen-bond acceptors (Lipinski definition) is 4. The Morgan fingerprint density at radius 2 is 1.93 bits per heavy atom. The van der Waals surface area contributed by atoms with Gasteiger partial charge in [-0.2, -0.15) is 0 Å². The minimum absolute atomic E-state index is 0.000780. The summed E-state index contributed by atoms with van der Waals surface area (Å²) in [5.74, 6) is 1.25. The van der Waals surface area contributed by atoms with Gasteiger partial charge in [-0.1, -0.05) is 35.3 Å². The molecule has 6 rings (SSSR count). The molecule has 2 aromatic carbocycles. The predicted molar refractivity (Wildman–Crippen MR) is 117 cm³/mol. The number of carbonyl (C=O) groups is 1. The van der Waals surface area contributed by atoms with E-state index >= 15 is 0 Å². The number of fused-ring (bicyclic) bond motifs is 4. The molecule has 5 nitrogen and oxygen atoms in total. The molecule has 2 bridgehead atoms. The first kappa shape index (κ1) is 20.0. The number of alkyl carbamates (subject to hydrolysis) is 1. The van der Waals surface area contributed by atoms with Crippen LogP contribution in [0.1, 0.15) is 30.9 Å². The highest BCUT2D eigenvalue weighted by Crippen LogP contribution is 2.38. The maximum atomic E-state index is 12.6. The lowest BCUT2D eigenvalue weighted by atomic mass is 9.86. The number of halogens is 2. The van der Waals surface area contributed by atoms with Crippen molar-refractivity contribution in [1.82, 2.24) is 10.2 Å². The smallest absolute Gasteiger partial charge is 0.407 e. The molecule has 4 aliphatic heterocycles. The number of piperidine rings is 3. The van der Waals surface area contributed by atoms with Crippen LogP contribution in [0, 0.1) is 5.92 Å². The molecule has 30 heavy (non-hydrogen) atoms. The normalized spacial score (nSPS) is 27.1. The van der Waals surface area contributed by atoms with E-state index < -0.39 is 0 Å². The summed E-state index contributed by atoms with van der Waals surface area (Å²) in [5, 5.41) is 4.31. The summed E-state index contributed by atoms with van der Waals surface area (Å²) >= 11 is 12.5. The third-order valence-corrected chi connectivity index (χ3v) is 7.00. The van der Waals surface area contributed by atoms with Crippen LogP contribution in [-0.2, 0) is 4.74 Å². The molecule has 7 heteroatoms. The van der Waals surface area contributed by atoms with Crippen LogP contribution in [0.15, 0.2) is 36.4 Å². The van der Waals surface area contributed by atoms with Gasteiger partial charge in [0.25, 0.3) is 0 Å². The van der Waals surface area contributed by atoms with Gasteiger partial charge in [0.2, 0.25) is 0 Å². The van der Waals surface area contributed by atoms with E-state index in [9.17, 15) is 4.79 Å². The molecule has 3 fully saturated rings. The third-order valence-electron chi connectivity index (χ3n) is 6.44. The largest absolute Gasteiger partial charge is 0.493 e. The Bertz CT molecular complexity index is 959. The second kappa shape index (κ2) is 8.29. The van der Waals surface area contributed by atoms with Crippen molar-refractivity contribution in [2.75, 3.05) is 26.2 Å². The summed E-state index contributed by atoms with van der Waals surface area (Å²) < 4.78 is 11.7. The molecule has 2 atom stereocenters. The summed E-state index contributed by atoms with van der Waals surface area (Å²) in [7, 11) is 0. The van der Waals surface area contributed by atoms with Gasteiger partial charge in [0.1, 0.15) is 11.9 Å². The van der Waals surface area contributed by atoms with Crippen molar-refractivity contribution in [3.63, 3.8) is 0 Å². The van der Waals surface area contributed by atoms with E-state index in [2.05, 4.69) is 10.2 Å². The molecule has 4 aliphatic rings. The Morgan fingerprint density at radius 3 is 2.70 bits per heavy atom. The van der Waals surface area contributed by atoms with Crippen LogP contribution in [0.4, 0.5) is 4.79 Å². The van der Waals surface area contributed by atoms with Gasteiger partial charge in [-0.05, 0) is 61.7 Å². The highest BCUT2D eigenvalue weighted by molar-refractivity contribution is 6.35. The standard InChI is InChI=1S/C23H24Cl2N2O3/c24-16-2-4-19(25)18(12-16)15-1-3-17-20(7-10-29-21(17)11-15)26-23(28)30-22-13-27-8-5-14(22)6-9-27/h1-4,11-12,14,20,22H,5-10,13H2,(H,26,28)/t20?,22-/m1/s1. The van der Waals surface area contributed by atoms with Crippen molar-refractivity contribution >= 4 is 29.3 Å². The van der Waals surface area contributed by atoms with Crippen molar-refractivity contribution < 1.29 is 14.3 Å². The second-order valence-corrected chi connectivity index (χ2v) is 9.14. The van der Waals surface area contributed by atoms with E-state index in [4.69, 9.17) is 32.7 Å². The number of rotatable bonds is 3. The van der Waals surface area contributed by atoms with Gasteiger partial charge in [0, 0.05) is 34.1 Å². The molecule has 1 unspecified atom stereocenters. The molecule has 4 heterocycles. The lowest BCUT2D eigenvalue weighted by molar-refractivity contribution is -0.0342. The maximum Gasteiger partial charge on any atom is 0.407 e. The first-order valence-corrected chi connectivity index (χ1v) is 11.2. The van der Waals surface area contributed by atoms with Gasteiger partial charge in [-0.15, -0.1) is 0 Å². The van der Waals surface area contributed by atoms with Gasteiger partial charge < -0.3 is 14.8 Å². The van der Waals surface area contributed by atoms with Crippen molar-refractivity contribution in [3.8, 4) is 16.9 Å². The zero-order chi connectivity index (χ0) is 20.7. The van der Waals surface area contributed by atoms with Crippen LogP contribution < -0.4 is 10.1 Å². The second-order valence-electron chi connectivity index (χ2n) is 8.29. The summed E-state index contributed by atoms with van der Waals surface area (Å²) in [5.41, 5.74) is 2.73. The zero-order valence-corrected chi connectivity index (χ0v) is 18.1. The number of nitrogens with one attached hydrogen (secondary N) is 1. The first-order chi connectivity index (χ1) is 14.6. The van der Waals surface area contributed by atoms with E-state index in [1.807, 2.05) is 24.3 Å². The van der Waals surface area contributed by atoms with E-state index in [1.165, 1.54) is 0 Å². The summed E-state index contributed by atoms with van der Waals surface area (Å²) in [6, 6.07) is 11.2. The number of amides is 1. The average molecular weight is 447 g/mol. The van der Waals surface area contributed by atoms with Crippen molar-refractivity contribution in [3.05, 3.63) is 52.0 Å². The lowest BCUT2D eigenvalue weighted by Gasteiger charge is -2.44. The molecular formula is C23H24Cl2N2O3. The first-order valence-electron chi connectivity index (χ1n) is 10.5. The Hall–Kier alpha value is -1.95. The highest BCUT2D eigenvalue weighted by atomic mass is 35.5. The molecule has 0 radical (unpaired) electrons. The van der Waals surface area contributed by atoms with E-state index in [1.54, 1.807) is 12.1 Å². The summed E-state index contributed by atoms with van der Waals surface area (Å²) in [4.78, 5) is 15.0. The molecule has 3 saturated heterocycles. The van der Waals surface area contributed by atoms with E-state index in [0.717, 1.165) is 54.9 Å². The number of nitrogens with zero attached hydrogens (tertiary/aromatic N) is 1. The molecule has 1 amide bonds. The molecule has 2 aromatic rings. The quantitative estimate of drug-likeness (QED) is 0.694. The van der Waals surface area contributed by atoms with Gasteiger partial charge in [0.15, 0.2) is 0 Å². The van der Waals surface area contributed by atoms with Crippen LogP contribution in [0.2, 0.25) is 10.0 Å². The minimum atomic E-state index is -0.339. The van der Waals surface area contributed by atoms with Crippen LogP contribution in [0.5, 0.6) is 5.75 Å². The third kappa shape index (κ3) is 3.98. The number of ether oxygens (including phenoxy) is 2.